The summed E-state index contributed by atoms with van der Waals surface area (Å²) in [6.45, 7) is 4.83. The average Bonchev–Trinajstić information content (AvgIpc) is 2.46. The molecule has 0 fully saturated rings. The number of hydrogen-bond acceptors (Lipinski definition) is 5. The summed E-state index contributed by atoms with van der Waals surface area (Å²) in [5.41, 5.74) is 0. The molecule has 2 N–H and O–H groups in total. The molecule has 0 bridgehead atoms. The van der Waals surface area contributed by atoms with Gasteiger partial charge in [0.15, 0.2) is 11.5 Å². The standard InChI is InChI=1S/C13H20N2O4S.ClH/c1-2-5-14-6-7-15-20(16,17)11-3-4-12-13(10-11)19-9-8-18-12;/h3-4,10,14-15H,2,5-9H2,1H3;1H. The molecule has 0 unspecified atom stereocenters. The van der Waals surface area contributed by atoms with Crippen molar-refractivity contribution in [2.45, 2.75) is 18.2 Å². The molecule has 1 aromatic rings. The predicted octanol–water partition coefficient (Wildman–Crippen LogP) is 1.16. The Balaban J connectivity index is 0.00000220. The molecule has 0 saturated carbocycles. The SMILES string of the molecule is CCCNCCNS(=O)(=O)c1ccc2c(c1)OCCO2.Cl. The minimum Gasteiger partial charge on any atom is -0.486 e. The van der Waals surface area contributed by atoms with Gasteiger partial charge in [0.05, 0.1) is 4.90 Å². The molecule has 0 radical (unpaired) electrons. The lowest BCUT2D eigenvalue weighted by Gasteiger charge is -2.18. The summed E-state index contributed by atoms with van der Waals surface area (Å²) in [7, 11) is -3.51. The smallest absolute Gasteiger partial charge is 0.240 e. The number of rotatable bonds is 7. The van der Waals surface area contributed by atoms with Gasteiger partial charge in [-0.15, -0.1) is 12.4 Å². The topological polar surface area (TPSA) is 76.7 Å². The summed E-state index contributed by atoms with van der Waals surface area (Å²) in [6.07, 6.45) is 1.02. The molecule has 0 aromatic heterocycles. The first kappa shape index (κ1) is 18.0. The van der Waals surface area contributed by atoms with E-state index in [1.165, 1.54) is 12.1 Å². The van der Waals surface area contributed by atoms with Crippen molar-refractivity contribution in [3.8, 4) is 11.5 Å². The number of nitrogens with one attached hydrogen (secondary N) is 2. The van der Waals surface area contributed by atoms with Crippen molar-refractivity contribution in [3.05, 3.63) is 18.2 Å². The number of benzene rings is 1. The van der Waals surface area contributed by atoms with E-state index in [-0.39, 0.29) is 17.3 Å². The minimum absolute atomic E-state index is 0. The van der Waals surface area contributed by atoms with Crippen LogP contribution in [-0.2, 0) is 10.0 Å². The number of halogens is 1. The maximum absolute atomic E-state index is 12.1. The van der Waals surface area contributed by atoms with Crippen LogP contribution in [0.15, 0.2) is 23.1 Å². The van der Waals surface area contributed by atoms with Crippen LogP contribution in [-0.4, -0.2) is 41.3 Å². The third-order valence-electron chi connectivity index (χ3n) is 2.84. The minimum atomic E-state index is -3.51. The zero-order chi connectivity index (χ0) is 14.4. The summed E-state index contributed by atoms with van der Waals surface area (Å²) < 4.78 is 37.5. The highest BCUT2D eigenvalue weighted by atomic mass is 35.5. The Morgan fingerprint density at radius 2 is 1.81 bits per heavy atom. The molecule has 0 saturated heterocycles. The van der Waals surface area contributed by atoms with Gasteiger partial charge in [-0.3, -0.25) is 0 Å². The fraction of sp³-hybridized carbons (Fsp3) is 0.538. The molecule has 0 spiro atoms. The first-order valence-electron chi connectivity index (χ1n) is 6.73. The van der Waals surface area contributed by atoms with E-state index in [4.69, 9.17) is 9.47 Å². The van der Waals surface area contributed by atoms with Crippen molar-refractivity contribution in [1.82, 2.24) is 10.0 Å². The lowest BCUT2D eigenvalue weighted by Crippen LogP contribution is -2.32. The molecule has 0 atom stereocenters. The molecule has 1 aromatic carbocycles. The van der Waals surface area contributed by atoms with E-state index in [1.54, 1.807) is 6.07 Å². The van der Waals surface area contributed by atoms with Crippen LogP contribution in [0.25, 0.3) is 0 Å². The summed E-state index contributed by atoms with van der Waals surface area (Å²) in [4.78, 5) is 0.192. The van der Waals surface area contributed by atoms with E-state index in [0.717, 1.165) is 13.0 Å². The fourth-order valence-electron chi connectivity index (χ4n) is 1.85. The highest BCUT2D eigenvalue weighted by Gasteiger charge is 2.18. The van der Waals surface area contributed by atoms with Crippen LogP contribution >= 0.6 is 12.4 Å². The van der Waals surface area contributed by atoms with Gasteiger partial charge in [0.1, 0.15) is 13.2 Å². The van der Waals surface area contributed by atoms with Gasteiger partial charge in [0, 0.05) is 19.2 Å². The monoisotopic (exact) mass is 336 g/mol. The van der Waals surface area contributed by atoms with Crippen LogP contribution in [0, 0.1) is 0 Å². The maximum Gasteiger partial charge on any atom is 0.240 e. The average molecular weight is 337 g/mol. The molecular weight excluding hydrogens is 316 g/mol. The molecule has 8 heteroatoms. The normalized spacial score (nSPS) is 13.6. The number of sulfonamides is 1. The van der Waals surface area contributed by atoms with Crippen molar-refractivity contribution < 1.29 is 17.9 Å². The molecule has 0 amide bonds. The van der Waals surface area contributed by atoms with Gasteiger partial charge in [-0.1, -0.05) is 6.92 Å². The van der Waals surface area contributed by atoms with Crippen LogP contribution in [0.1, 0.15) is 13.3 Å². The molecule has 2 rings (SSSR count). The van der Waals surface area contributed by atoms with Crippen LogP contribution in [0.5, 0.6) is 11.5 Å². The molecular formula is C13H21ClN2O4S. The fourth-order valence-corrected chi connectivity index (χ4v) is 2.90. The van der Waals surface area contributed by atoms with Gasteiger partial charge in [-0.2, -0.15) is 0 Å². The van der Waals surface area contributed by atoms with Gasteiger partial charge in [0.25, 0.3) is 0 Å². The van der Waals surface area contributed by atoms with Crippen molar-refractivity contribution >= 4 is 22.4 Å². The van der Waals surface area contributed by atoms with Crippen LogP contribution in [0.3, 0.4) is 0 Å². The summed E-state index contributed by atoms with van der Waals surface area (Å²) >= 11 is 0. The van der Waals surface area contributed by atoms with Crippen LogP contribution in [0.4, 0.5) is 0 Å². The Labute approximate surface area is 131 Å². The zero-order valence-corrected chi connectivity index (χ0v) is 13.6. The van der Waals surface area contributed by atoms with Crippen LogP contribution < -0.4 is 19.5 Å². The second kappa shape index (κ2) is 8.43. The predicted molar refractivity (Wildman–Crippen MR) is 83.0 cm³/mol. The Morgan fingerprint density at radius 1 is 1.10 bits per heavy atom. The van der Waals surface area contributed by atoms with Gasteiger partial charge >= 0.3 is 0 Å². The van der Waals surface area contributed by atoms with Gasteiger partial charge < -0.3 is 14.8 Å². The molecule has 6 nitrogen and oxygen atoms in total. The van der Waals surface area contributed by atoms with Crippen molar-refractivity contribution in [1.29, 1.82) is 0 Å². The van der Waals surface area contributed by atoms with Gasteiger partial charge in [0.2, 0.25) is 10.0 Å². The largest absolute Gasteiger partial charge is 0.486 e. The quantitative estimate of drug-likeness (QED) is 0.731. The number of fused-ring (bicyclic) bond motifs is 1. The van der Waals surface area contributed by atoms with E-state index >= 15 is 0 Å². The lowest BCUT2D eigenvalue weighted by atomic mass is 10.3. The van der Waals surface area contributed by atoms with E-state index in [2.05, 4.69) is 17.0 Å². The third-order valence-corrected chi connectivity index (χ3v) is 4.30. The van der Waals surface area contributed by atoms with E-state index in [0.29, 0.717) is 37.8 Å². The van der Waals surface area contributed by atoms with Crippen LogP contribution in [0.2, 0.25) is 0 Å². The summed E-state index contributed by atoms with van der Waals surface area (Å²) in [6, 6.07) is 4.64. The Kier molecular flexibility index (Phi) is 7.24. The van der Waals surface area contributed by atoms with Gasteiger partial charge in [-0.05, 0) is 25.1 Å². The number of hydrogen-bond donors (Lipinski definition) is 2. The first-order valence-corrected chi connectivity index (χ1v) is 8.22. The first-order chi connectivity index (χ1) is 9.63. The highest BCUT2D eigenvalue weighted by molar-refractivity contribution is 7.89. The van der Waals surface area contributed by atoms with Crippen molar-refractivity contribution in [2.24, 2.45) is 0 Å². The Hall–Kier alpha value is -1.02. The molecule has 0 aliphatic carbocycles. The second-order valence-electron chi connectivity index (χ2n) is 4.45. The second-order valence-corrected chi connectivity index (χ2v) is 6.22. The lowest BCUT2D eigenvalue weighted by molar-refractivity contribution is 0.171. The van der Waals surface area contributed by atoms with Crippen molar-refractivity contribution in [3.63, 3.8) is 0 Å². The molecule has 1 aliphatic heterocycles. The summed E-state index contributed by atoms with van der Waals surface area (Å²) in [5, 5.41) is 3.14. The molecule has 120 valence electrons. The van der Waals surface area contributed by atoms with E-state index < -0.39 is 10.0 Å². The van der Waals surface area contributed by atoms with E-state index in [1.807, 2.05) is 0 Å². The maximum atomic E-state index is 12.1. The third kappa shape index (κ3) is 5.03. The Bertz CT molecular complexity index is 551. The highest BCUT2D eigenvalue weighted by Crippen LogP contribution is 2.32. The van der Waals surface area contributed by atoms with Crippen molar-refractivity contribution in [2.75, 3.05) is 32.8 Å². The summed E-state index contributed by atoms with van der Waals surface area (Å²) in [5.74, 6) is 1.06. The zero-order valence-electron chi connectivity index (χ0n) is 11.9. The molecule has 1 aliphatic rings. The molecule has 1 heterocycles. The molecule has 21 heavy (non-hydrogen) atoms. The van der Waals surface area contributed by atoms with Gasteiger partial charge in [-0.25, -0.2) is 13.1 Å². The van der Waals surface area contributed by atoms with E-state index in [9.17, 15) is 8.42 Å². The Morgan fingerprint density at radius 3 is 2.52 bits per heavy atom. The number of ether oxygens (including phenoxy) is 2.